The summed E-state index contributed by atoms with van der Waals surface area (Å²) in [6, 6.07) is 10.7. The van der Waals surface area contributed by atoms with Crippen LogP contribution in [-0.4, -0.2) is 48.0 Å². The lowest BCUT2D eigenvalue weighted by Crippen LogP contribution is -2.45. The molecular formula is C20H23N3O4. The highest BCUT2D eigenvalue weighted by Gasteiger charge is 2.25. The van der Waals surface area contributed by atoms with Gasteiger partial charge < -0.3 is 20.1 Å². The molecule has 1 fully saturated rings. The fraction of sp³-hybridized carbons (Fsp3) is 0.350. The Labute approximate surface area is 158 Å². The molecule has 0 radical (unpaired) electrons. The first-order valence-corrected chi connectivity index (χ1v) is 8.88. The van der Waals surface area contributed by atoms with Gasteiger partial charge in [0.05, 0.1) is 20.1 Å². The Morgan fingerprint density at radius 2 is 2.00 bits per heavy atom. The fourth-order valence-corrected chi connectivity index (χ4v) is 3.10. The molecule has 2 heterocycles. The zero-order chi connectivity index (χ0) is 19.2. The number of carbonyl (C=O) groups is 2. The Kier molecular flexibility index (Phi) is 5.90. The standard InChI is InChI=1S/C20H23N3O4/c1-26-15-6-4-14(5-7-15)11-19(24)23-10-2-3-17(13-23)27-16-8-9-22-18(12-16)20(21)25/h4-9,12,17H,2-3,10-11,13H2,1H3,(H2,21,25). The minimum Gasteiger partial charge on any atom is -0.497 e. The van der Waals surface area contributed by atoms with Crippen molar-refractivity contribution >= 4 is 11.8 Å². The molecule has 0 aliphatic carbocycles. The number of nitrogens with zero attached hydrogens (tertiary/aromatic N) is 2. The van der Waals surface area contributed by atoms with Crippen molar-refractivity contribution in [2.45, 2.75) is 25.4 Å². The first-order chi connectivity index (χ1) is 13.0. The number of hydrogen-bond donors (Lipinski definition) is 1. The van der Waals surface area contributed by atoms with Crippen molar-refractivity contribution in [3.05, 3.63) is 53.9 Å². The minimum atomic E-state index is -0.597. The number of benzene rings is 1. The van der Waals surface area contributed by atoms with Gasteiger partial charge in [0.15, 0.2) is 0 Å². The Balaban J connectivity index is 1.59. The molecule has 2 N–H and O–H groups in total. The summed E-state index contributed by atoms with van der Waals surface area (Å²) < 4.78 is 11.1. The van der Waals surface area contributed by atoms with Crippen molar-refractivity contribution in [1.82, 2.24) is 9.88 Å². The van der Waals surface area contributed by atoms with E-state index in [0.29, 0.717) is 18.7 Å². The van der Waals surface area contributed by atoms with Crippen LogP contribution in [0.3, 0.4) is 0 Å². The highest BCUT2D eigenvalue weighted by molar-refractivity contribution is 5.91. The number of nitrogens with two attached hydrogens (primary N) is 1. The van der Waals surface area contributed by atoms with Gasteiger partial charge in [-0.05, 0) is 36.6 Å². The maximum atomic E-state index is 12.6. The Morgan fingerprint density at radius 1 is 1.22 bits per heavy atom. The van der Waals surface area contributed by atoms with Crippen molar-refractivity contribution < 1.29 is 19.1 Å². The van der Waals surface area contributed by atoms with Gasteiger partial charge in [-0.2, -0.15) is 0 Å². The van der Waals surface area contributed by atoms with Gasteiger partial charge in [-0.25, -0.2) is 0 Å². The molecule has 142 valence electrons. The SMILES string of the molecule is COc1ccc(CC(=O)N2CCCC(Oc3ccnc(C(N)=O)c3)C2)cc1. The first-order valence-electron chi connectivity index (χ1n) is 8.88. The second-order valence-corrected chi connectivity index (χ2v) is 6.49. The summed E-state index contributed by atoms with van der Waals surface area (Å²) in [5.74, 6) is 0.778. The van der Waals surface area contributed by atoms with E-state index in [1.165, 1.54) is 12.3 Å². The van der Waals surface area contributed by atoms with Gasteiger partial charge in [0, 0.05) is 18.8 Å². The number of rotatable bonds is 6. The highest BCUT2D eigenvalue weighted by atomic mass is 16.5. The number of hydrogen-bond acceptors (Lipinski definition) is 5. The van der Waals surface area contributed by atoms with Crippen LogP contribution in [0, 0.1) is 0 Å². The van der Waals surface area contributed by atoms with E-state index in [-0.39, 0.29) is 17.7 Å². The third kappa shape index (κ3) is 4.97. The molecule has 1 aromatic heterocycles. The smallest absolute Gasteiger partial charge is 0.267 e. The minimum absolute atomic E-state index is 0.0704. The van der Waals surface area contributed by atoms with Crippen molar-refractivity contribution in [2.75, 3.05) is 20.2 Å². The van der Waals surface area contributed by atoms with Gasteiger partial charge in [0.2, 0.25) is 5.91 Å². The van der Waals surface area contributed by atoms with Crippen LogP contribution in [0.5, 0.6) is 11.5 Å². The summed E-state index contributed by atoms with van der Waals surface area (Å²) in [7, 11) is 1.61. The van der Waals surface area contributed by atoms with Gasteiger partial charge in [0.25, 0.3) is 5.91 Å². The van der Waals surface area contributed by atoms with Gasteiger partial charge in [-0.3, -0.25) is 14.6 Å². The van der Waals surface area contributed by atoms with Gasteiger partial charge >= 0.3 is 0 Å². The molecule has 0 spiro atoms. The van der Waals surface area contributed by atoms with E-state index in [4.69, 9.17) is 15.2 Å². The maximum Gasteiger partial charge on any atom is 0.267 e. The molecule has 2 amide bonds. The van der Waals surface area contributed by atoms with Crippen LogP contribution in [0.4, 0.5) is 0 Å². The van der Waals surface area contributed by atoms with E-state index in [0.717, 1.165) is 30.7 Å². The Bertz CT molecular complexity index is 807. The third-order valence-electron chi connectivity index (χ3n) is 4.53. The van der Waals surface area contributed by atoms with Crippen LogP contribution in [-0.2, 0) is 11.2 Å². The normalized spacial score (nSPS) is 16.6. The molecule has 1 aliphatic rings. The summed E-state index contributed by atoms with van der Waals surface area (Å²) in [4.78, 5) is 29.6. The molecule has 7 nitrogen and oxygen atoms in total. The number of primary amides is 1. The lowest BCUT2D eigenvalue weighted by Gasteiger charge is -2.33. The number of ether oxygens (including phenoxy) is 2. The van der Waals surface area contributed by atoms with Gasteiger partial charge in [-0.1, -0.05) is 12.1 Å². The molecule has 1 saturated heterocycles. The van der Waals surface area contributed by atoms with Crippen LogP contribution in [0.25, 0.3) is 0 Å². The average molecular weight is 369 g/mol. The summed E-state index contributed by atoms with van der Waals surface area (Å²) in [5.41, 5.74) is 6.36. The molecule has 1 aliphatic heterocycles. The van der Waals surface area contributed by atoms with Gasteiger partial charge in [0.1, 0.15) is 23.3 Å². The number of pyridine rings is 1. The maximum absolute atomic E-state index is 12.6. The number of piperidine rings is 1. The molecule has 1 aromatic carbocycles. The van der Waals surface area contributed by atoms with E-state index < -0.39 is 5.91 Å². The molecular weight excluding hydrogens is 346 g/mol. The van der Waals surface area contributed by atoms with Crippen molar-refractivity contribution in [3.63, 3.8) is 0 Å². The molecule has 27 heavy (non-hydrogen) atoms. The second-order valence-electron chi connectivity index (χ2n) is 6.49. The quantitative estimate of drug-likeness (QED) is 0.838. The molecule has 1 unspecified atom stereocenters. The number of carbonyl (C=O) groups excluding carboxylic acids is 2. The summed E-state index contributed by atoms with van der Waals surface area (Å²) >= 11 is 0. The highest BCUT2D eigenvalue weighted by Crippen LogP contribution is 2.20. The lowest BCUT2D eigenvalue weighted by molar-refractivity contribution is -0.133. The van der Waals surface area contributed by atoms with Crippen molar-refractivity contribution in [2.24, 2.45) is 5.73 Å². The average Bonchev–Trinajstić information content (AvgIpc) is 2.69. The van der Waals surface area contributed by atoms with E-state index in [9.17, 15) is 9.59 Å². The zero-order valence-electron chi connectivity index (χ0n) is 15.3. The first kappa shape index (κ1) is 18.7. The third-order valence-corrected chi connectivity index (χ3v) is 4.53. The van der Waals surface area contributed by atoms with Crippen LogP contribution in [0.1, 0.15) is 28.9 Å². The Morgan fingerprint density at radius 3 is 2.70 bits per heavy atom. The molecule has 0 bridgehead atoms. The molecule has 0 saturated carbocycles. The number of amides is 2. The number of aromatic nitrogens is 1. The molecule has 3 rings (SSSR count). The van der Waals surface area contributed by atoms with E-state index in [2.05, 4.69) is 4.98 Å². The summed E-state index contributed by atoms with van der Waals surface area (Å²) in [5, 5.41) is 0. The van der Waals surface area contributed by atoms with Crippen LogP contribution in [0.2, 0.25) is 0 Å². The topological polar surface area (TPSA) is 94.8 Å². The van der Waals surface area contributed by atoms with Crippen LogP contribution in [0.15, 0.2) is 42.6 Å². The number of likely N-dealkylation sites (tertiary alicyclic amines) is 1. The monoisotopic (exact) mass is 369 g/mol. The summed E-state index contributed by atoms with van der Waals surface area (Å²) in [6.07, 6.45) is 3.43. The fourth-order valence-electron chi connectivity index (χ4n) is 3.10. The summed E-state index contributed by atoms with van der Waals surface area (Å²) in [6.45, 7) is 1.24. The molecule has 7 heteroatoms. The van der Waals surface area contributed by atoms with Crippen LogP contribution < -0.4 is 15.2 Å². The van der Waals surface area contributed by atoms with E-state index in [1.807, 2.05) is 29.2 Å². The second kappa shape index (κ2) is 8.53. The Hall–Kier alpha value is -3.09. The van der Waals surface area contributed by atoms with Gasteiger partial charge in [-0.15, -0.1) is 0 Å². The zero-order valence-corrected chi connectivity index (χ0v) is 15.3. The van der Waals surface area contributed by atoms with E-state index >= 15 is 0 Å². The largest absolute Gasteiger partial charge is 0.497 e. The number of methoxy groups -OCH3 is 1. The van der Waals surface area contributed by atoms with Crippen LogP contribution >= 0.6 is 0 Å². The van der Waals surface area contributed by atoms with Crippen molar-refractivity contribution in [3.8, 4) is 11.5 Å². The van der Waals surface area contributed by atoms with Crippen molar-refractivity contribution in [1.29, 1.82) is 0 Å². The molecule has 1 atom stereocenters. The van der Waals surface area contributed by atoms with E-state index in [1.54, 1.807) is 13.2 Å². The molecule has 2 aromatic rings. The predicted molar refractivity (Wildman–Crippen MR) is 99.7 cm³/mol. The lowest BCUT2D eigenvalue weighted by atomic mass is 10.1. The predicted octanol–water partition coefficient (Wildman–Crippen LogP) is 1.80.